The fourth-order valence-electron chi connectivity index (χ4n) is 11.1. The van der Waals surface area contributed by atoms with Crippen LogP contribution in [0.5, 0.6) is 0 Å². The average molecular weight is 787 g/mol. The number of thiophene rings is 1. The van der Waals surface area contributed by atoms with Crippen LogP contribution >= 0.6 is 11.3 Å². The molecule has 58 heavy (non-hydrogen) atoms. The second kappa shape index (κ2) is 12.4. The first kappa shape index (κ1) is 39.7. The molecule has 302 valence electrons. The Balaban J connectivity index is 1.44. The highest BCUT2D eigenvalue weighted by Crippen LogP contribution is 2.58. The zero-order chi connectivity index (χ0) is 41.9. The molecule has 0 unspecified atom stereocenters. The Kier molecular flexibility index (Phi) is 8.49. The highest BCUT2D eigenvalue weighted by atomic mass is 32.1. The minimum atomic E-state index is 0.0259. The van der Waals surface area contributed by atoms with Crippen LogP contribution in [0, 0.1) is 13.8 Å². The molecule has 0 bridgehead atoms. The van der Waals surface area contributed by atoms with Gasteiger partial charge in [-0.3, -0.25) is 0 Å². The molecule has 4 heteroatoms. The van der Waals surface area contributed by atoms with Crippen molar-refractivity contribution >= 4 is 67.9 Å². The summed E-state index contributed by atoms with van der Waals surface area (Å²) in [5.41, 5.74) is 21.5. The van der Waals surface area contributed by atoms with Crippen LogP contribution in [0.25, 0.3) is 0 Å². The van der Waals surface area contributed by atoms with Crippen LogP contribution < -0.4 is 25.5 Å². The minimum absolute atomic E-state index is 0.0259. The van der Waals surface area contributed by atoms with Crippen LogP contribution in [-0.2, 0) is 32.5 Å². The topological polar surface area (TPSA) is 6.48 Å². The molecular weight excluding hydrogens is 719 g/mol. The highest BCUT2D eigenvalue weighted by Gasteiger charge is 2.52. The lowest BCUT2D eigenvalue weighted by atomic mass is 9.35. The van der Waals surface area contributed by atoms with E-state index in [9.17, 15) is 0 Å². The maximum atomic E-state index is 2.75. The van der Waals surface area contributed by atoms with Gasteiger partial charge in [-0.2, -0.15) is 11.3 Å². The van der Waals surface area contributed by atoms with Gasteiger partial charge in [0, 0.05) is 38.1 Å². The molecule has 0 N–H and O–H groups in total. The Morgan fingerprint density at radius 3 is 1.71 bits per heavy atom. The molecule has 3 heterocycles. The van der Waals surface area contributed by atoms with Gasteiger partial charge in [-0.25, -0.2) is 0 Å². The van der Waals surface area contributed by atoms with Gasteiger partial charge >= 0.3 is 0 Å². The summed E-state index contributed by atoms with van der Waals surface area (Å²) >= 11 is 2.14. The van der Waals surface area contributed by atoms with Crippen molar-refractivity contribution in [3.05, 3.63) is 111 Å². The summed E-state index contributed by atoms with van der Waals surface area (Å²) in [5, 5.41) is 0. The third kappa shape index (κ3) is 5.77. The van der Waals surface area contributed by atoms with E-state index >= 15 is 0 Å². The lowest BCUT2D eigenvalue weighted by Crippen LogP contribution is -2.61. The Morgan fingerprint density at radius 2 is 1.10 bits per heavy atom. The molecule has 2 nitrogen and oxygen atoms in total. The van der Waals surface area contributed by atoms with Crippen molar-refractivity contribution in [3.63, 3.8) is 0 Å². The smallest absolute Gasteiger partial charge is 0.264 e. The molecule has 0 saturated carbocycles. The second-order valence-electron chi connectivity index (χ2n) is 23.3. The number of benzene rings is 4. The molecule has 1 aromatic heterocycles. The van der Waals surface area contributed by atoms with Gasteiger partial charge in [0.1, 0.15) is 0 Å². The van der Waals surface area contributed by atoms with Gasteiger partial charge in [-0.05, 0) is 152 Å². The van der Waals surface area contributed by atoms with E-state index in [1.807, 2.05) is 0 Å². The zero-order valence-electron chi connectivity index (χ0n) is 38.6. The molecule has 9 rings (SSSR count). The maximum absolute atomic E-state index is 2.75. The van der Waals surface area contributed by atoms with Crippen LogP contribution in [0.1, 0.15) is 166 Å². The van der Waals surface area contributed by atoms with Crippen LogP contribution in [0.3, 0.4) is 0 Å². The number of hydrogen-bond acceptors (Lipinski definition) is 3. The lowest BCUT2D eigenvalue weighted by molar-refractivity contribution is 0.333. The van der Waals surface area contributed by atoms with Crippen LogP contribution in [0.15, 0.2) is 66.7 Å². The van der Waals surface area contributed by atoms with Gasteiger partial charge < -0.3 is 9.80 Å². The maximum Gasteiger partial charge on any atom is 0.264 e. The number of anilines is 6. The summed E-state index contributed by atoms with van der Waals surface area (Å²) in [7, 11) is 0. The van der Waals surface area contributed by atoms with E-state index in [0.717, 1.165) is 0 Å². The van der Waals surface area contributed by atoms with E-state index in [1.165, 1.54) is 103 Å². The third-order valence-corrected chi connectivity index (χ3v) is 16.5. The van der Waals surface area contributed by atoms with Crippen molar-refractivity contribution in [2.24, 2.45) is 0 Å². The van der Waals surface area contributed by atoms with Crippen LogP contribution in [0.2, 0.25) is 0 Å². The molecule has 0 amide bonds. The fourth-order valence-corrected chi connectivity index (χ4v) is 12.9. The predicted molar refractivity (Wildman–Crippen MR) is 256 cm³/mol. The monoisotopic (exact) mass is 787 g/mol. The highest BCUT2D eigenvalue weighted by molar-refractivity contribution is 7.29. The molecular formula is C54H67BN2S. The molecule has 5 aromatic rings. The zero-order valence-corrected chi connectivity index (χ0v) is 39.4. The molecule has 4 aromatic carbocycles. The molecule has 0 radical (unpaired) electrons. The summed E-state index contributed by atoms with van der Waals surface area (Å²) in [6.07, 6.45) is 4.77. The first-order valence-corrected chi connectivity index (χ1v) is 23.0. The van der Waals surface area contributed by atoms with E-state index in [0.29, 0.717) is 0 Å². The number of aryl methyl sites for hydroxylation is 2. The fraction of sp³-hybridized carbons (Fsp3) is 0.481. The molecule has 2 aliphatic carbocycles. The van der Waals surface area contributed by atoms with Crippen molar-refractivity contribution in [2.75, 3.05) is 9.80 Å². The summed E-state index contributed by atoms with van der Waals surface area (Å²) in [5.74, 6) is 0. The Labute approximate surface area is 355 Å². The van der Waals surface area contributed by atoms with Crippen LogP contribution in [0.4, 0.5) is 34.1 Å². The van der Waals surface area contributed by atoms with Gasteiger partial charge in [0.25, 0.3) is 6.71 Å². The minimum Gasteiger partial charge on any atom is -0.311 e. The third-order valence-electron chi connectivity index (χ3n) is 14.9. The predicted octanol–water partition coefficient (Wildman–Crippen LogP) is 13.7. The van der Waals surface area contributed by atoms with Crippen molar-refractivity contribution < 1.29 is 0 Å². The Morgan fingerprint density at radius 1 is 0.552 bits per heavy atom. The largest absolute Gasteiger partial charge is 0.311 e. The number of hydrogen-bond donors (Lipinski definition) is 0. The van der Waals surface area contributed by atoms with Crippen molar-refractivity contribution in [1.29, 1.82) is 0 Å². The summed E-state index contributed by atoms with van der Waals surface area (Å²) in [6, 6.07) is 27.1. The first-order valence-electron chi connectivity index (χ1n) is 22.2. The van der Waals surface area contributed by atoms with Crippen molar-refractivity contribution in [1.82, 2.24) is 0 Å². The molecule has 4 aliphatic rings. The SMILES string of the molecule is Cc1cc2c3c(c1)N(c1ccc(C(C)(C)C)cc1C)c1c(sc4c1C(C)(C)CCC4(C)C)B3c1ccc3c(c1N2c1ccc(C(C)(C)C)cc1)C(C)(C)CCC3(C)C. The quantitative estimate of drug-likeness (QED) is 0.161. The van der Waals surface area contributed by atoms with Crippen molar-refractivity contribution in [2.45, 2.75) is 169 Å². The Bertz CT molecular complexity index is 2510. The molecule has 0 fully saturated rings. The molecule has 2 aliphatic heterocycles. The lowest BCUT2D eigenvalue weighted by Gasteiger charge is -2.49. The molecule has 0 atom stereocenters. The van der Waals surface area contributed by atoms with Gasteiger partial charge in [0.15, 0.2) is 0 Å². The average Bonchev–Trinajstić information content (AvgIpc) is 3.54. The number of rotatable bonds is 2. The van der Waals surface area contributed by atoms with Gasteiger partial charge in [-0.15, -0.1) is 0 Å². The normalized spacial score (nSPS) is 19.6. The van der Waals surface area contributed by atoms with E-state index in [2.05, 4.69) is 199 Å². The van der Waals surface area contributed by atoms with E-state index in [-0.39, 0.29) is 39.2 Å². The van der Waals surface area contributed by atoms with Gasteiger partial charge in [-0.1, -0.05) is 133 Å². The van der Waals surface area contributed by atoms with Gasteiger partial charge in [0.05, 0.1) is 5.69 Å². The molecule has 0 spiro atoms. The van der Waals surface area contributed by atoms with Crippen LogP contribution in [-0.4, -0.2) is 6.71 Å². The summed E-state index contributed by atoms with van der Waals surface area (Å²) in [4.78, 5) is 7.05. The Hall–Kier alpha value is -3.76. The number of nitrogens with zero attached hydrogens (tertiary/aromatic N) is 2. The first-order chi connectivity index (χ1) is 26.8. The van der Waals surface area contributed by atoms with E-state index < -0.39 is 0 Å². The van der Waals surface area contributed by atoms with E-state index in [1.54, 1.807) is 16.0 Å². The number of fused-ring (bicyclic) bond motifs is 8. The second-order valence-corrected chi connectivity index (χ2v) is 24.4. The standard InChI is InChI=1S/C54H67BN2S/c1-32-29-40-44-41(30-32)57(39-24-19-35(31-33(39)2)50(6,7)8)46-43-47(54(15,16)28-27-53(43,13)14)58-48(46)55(44)38-23-22-37-42(52(11,12)26-25-51(37,9)10)45(38)56(40)36-20-17-34(18-21-36)49(3,4)5/h17-24,29-31H,25-28H2,1-16H3. The summed E-state index contributed by atoms with van der Waals surface area (Å²) < 4.78 is 1.53. The van der Waals surface area contributed by atoms with Gasteiger partial charge in [0.2, 0.25) is 0 Å². The molecule has 0 saturated heterocycles. The summed E-state index contributed by atoms with van der Waals surface area (Å²) in [6.45, 7) is 38.9. The van der Waals surface area contributed by atoms with E-state index in [4.69, 9.17) is 0 Å². The van der Waals surface area contributed by atoms with Crippen molar-refractivity contribution in [3.8, 4) is 0 Å².